The number of aryl methyl sites for hydroxylation is 1. The average Bonchev–Trinajstić information content (AvgIpc) is 2.48. The molecule has 5 heteroatoms. The molecule has 0 amide bonds. The second-order valence-corrected chi connectivity index (χ2v) is 3.36. The van der Waals surface area contributed by atoms with Crippen LogP contribution in [0.3, 0.4) is 0 Å². The number of benzene rings is 1. The summed E-state index contributed by atoms with van der Waals surface area (Å²) >= 11 is 0. The van der Waals surface area contributed by atoms with E-state index in [0.29, 0.717) is 12.4 Å². The molecular formula is C9H10N2O3. The van der Waals surface area contributed by atoms with E-state index in [1.165, 1.54) is 12.1 Å². The second-order valence-electron chi connectivity index (χ2n) is 3.36. The van der Waals surface area contributed by atoms with Crippen molar-refractivity contribution in [3.8, 4) is 5.75 Å². The van der Waals surface area contributed by atoms with Crippen molar-refractivity contribution in [2.75, 3.05) is 6.61 Å². The van der Waals surface area contributed by atoms with Gasteiger partial charge in [-0.15, -0.1) is 0 Å². The fraction of sp³-hybridized carbons (Fsp3) is 0.333. The number of rotatable bonds is 1. The first-order valence-electron chi connectivity index (χ1n) is 4.27. The molecular weight excluding hydrogens is 184 g/mol. The number of nitro groups is 1. The van der Waals surface area contributed by atoms with Gasteiger partial charge in [-0.1, -0.05) is 0 Å². The lowest BCUT2D eigenvalue weighted by atomic mass is 10.1. The summed E-state index contributed by atoms with van der Waals surface area (Å²) < 4.78 is 5.33. The lowest BCUT2D eigenvalue weighted by Crippen LogP contribution is -2.10. The van der Waals surface area contributed by atoms with E-state index in [0.717, 1.165) is 11.1 Å². The van der Waals surface area contributed by atoms with Gasteiger partial charge in [0, 0.05) is 17.7 Å². The Morgan fingerprint density at radius 3 is 3.00 bits per heavy atom. The molecule has 0 fully saturated rings. The summed E-state index contributed by atoms with van der Waals surface area (Å²) in [4.78, 5) is 10.2. The SMILES string of the molecule is Cc1cc([N+](=O)[O-])cc2c1OC[C@H]2N. The fourth-order valence-electron chi connectivity index (χ4n) is 1.62. The Labute approximate surface area is 80.6 Å². The molecule has 0 aromatic heterocycles. The maximum absolute atomic E-state index is 10.6. The molecule has 0 saturated carbocycles. The van der Waals surface area contributed by atoms with Crippen molar-refractivity contribution in [1.29, 1.82) is 0 Å². The number of nitro benzene ring substituents is 1. The van der Waals surface area contributed by atoms with Crippen molar-refractivity contribution < 1.29 is 9.66 Å². The average molecular weight is 194 g/mol. The zero-order valence-electron chi connectivity index (χ0n) is 7.69. The van der Waals surface area contributed by atoms with Gasteiger partial charge in [0.05, 0.1) is 11.0 Å². The summed E-state index contributed by atoms with van der Waals surface area (Å²) in [6, 6.07) is 2.74. The first-order valence-corrected chi connectivity index (χ1v) is 4.27. The number of non-ortho nitro benzene ring substituents is 1. The maximum atomic E-state index is 10.6. The first kappa shape index (κ1) is 8.96. The Morgan fingerprint density at radius 2 is 2.36 bits per heavy atom. The summed E-state index contributed by atoms with van der Waals surface area (Å²) in [5.41, 5.74) is 7.31. The number of ether oxygens (including phenoxy) is 1. The first-order chi connectivity index (χ1) is 6.59. The van der Waals surface area contributed by atoms with Crippen molar-refractivity contribution in [3.05, 3.63) is 33.4 Å². The summed E-state index contributed by atoms with van der Waals surface area (Å²) in [7, 11) is 0. The monoisotopic (exact) mass is 194 g/mol. The predicted molar refractivity (Wildman–Crippen MR) is 50.3 cm³/mol. The Morgan fingerprint density at radius 1 is 1.64 bits per heavy atom. The summed E-state index contributed by atoms with van der Waals surface area (Å²) in [5.74, 6) is 0.697. The van der Waals surface area contributed by atoms with Crippen LogP contribution in [0.1, 0.15) is 17.2 Å². The predicted octanol–water partition coefficient (Wildman–Crippen LogP) is 1.30. The highest BCUT2D eigenvalue weighted by Gasteiger charge is 2.25. The van der Waals surface area contributed by atoms with Gasteiger partial charge in [-0.3, -0.25) is 10.1 Å². The van der Waals surface area contributed by atoms with Crippen molar-refractivity contribution in [1.82, 2.24) is 0 Å². The molecule has 0 saturated heterocycles. The molecule has 1 aromatic carbocycles. The molecule has 1 heterocycles. The number of hydrogen-bond donors (Lipinski definition) is 1. The molecule has 2 rings (SSSR count). The molecule has 1 atom stereocenters. The zero-order valence-corrected chi connectivity index (χ0v) is 7.69. The minimum Gasteiger partial charge on any atom is -0.491 e. The molecule has 5 nitrogen and oxygen atoms in total. The van der Waals surface area contributed by atoms with E-state index in [-0.39, 0.29) is 11.7 Å². The summed E-state index contributed by atoms with van der Waals surface area (Å²) in [5, 5.41) is 10.6. The van der Waals surface area contributed by atoms with E-state index in [1.807, 2.05) is 0 Å². The van der Waals surface area contributed by atoms with Crippen molar-refractivity contribution >= 4 is 5.69 Å². The van der Waals surface area contributed by atoms with Crippen LogP contribution in [0.25, 0.3) is 0 Å². The topological polar surface area (TPSA) is 78.4 Å². The smallest absolute Gasteiger partial charge is 0.270 e. The molecule has 1 aliphatic rings. The lowest BCUT2D eigenvalue weighted by molar-refractivity contribution is -0.385. The van der Waals surface area contributed by atoms with E-state index < -0.39 is 4.92 Å². The van der Waals surface area contributed by atoms with Crippen molar-refractivity contribution in [2.24, 2.45) is 5.73 Å². The van der Waals surface area contributed by atoms with Crippen LogP contribution in [0.15, 0.2) is 12.1 Å². The van der Waals surface area contributed by atoms with Crippen molar-refractivity contribution in [3.63, 3.8) is 0 Å². The van der Waals surface area contributed by atoms with E-state index in [1.54, 1.807) is 6.92 Å². The third-order valence-electron chi connectivity index (χ3n) is 2.31. The maximum Gasteiger partial charge on any atom is 0.270 e. The van der Waals surface area contributed by atoms with Crippen LogP contribution in [-0.4, -0.2) is 11.5 Å². The number of nitrogens with two attached hydrogens (primary N) is 1. The molecule has 2 N–H and O–H groups in total. The van der Waals surface area contributed by atoms with E-state index >= 15 is 0 Å². The van der Waals surface area contributed by atoms with Gasteiger partial charge in [0.1, 0.15) is 12.4 Å². The highest BCUT2D eigenvalue weighted by Crippen LogP contribution is 2.36. The van der Waals surface area contributed by atoms with E-state index in [9.17, 15) is 10.1 Å². The summed E-state index contributed by atoms with van der Waals surface area (Å²) in [6.07, 6.45) is 0. The van der Waals surface area contributed by atoms with Gasteiger partial charge in [0.25, 0.3) is 5.69 Å². The number of nitrogens with zero attached hydrogens (tertiary/aromatic N) is 1. The Hall–Kier alpha value is -1.62. The Balaban J connectivity index is 2.58. The third kappa shape index (κ3) is 1.22. The molecule has 0 aliphatic carbocycles. The fourth-order valence-corrected chi connectivity index (χ4v) is 1.62. The van der Waals surface area contributed by atoms with Crippen LogP contribution in [0.5, 0.6) is 5.75 Å². The highest BCUT2D eigenvalue weighted by molar-refractivity contribution is 5.52. The van der Waals surface area contributed by atoms with Crippen LogP contribution < -0.4 is 10.5 Å². The quantitative estimate of drug-likeness (QED) is 0.539. The molecule has 0 spiro atoms. The normalized spacial score (nSPS) is 18.9. The van der Waals surface area contributed by atoms with Crippen LogP contribution in [0.4, 0.5) is 5.69 Å². The molecule has 14 heavy (non-hydrogen) atoms. The van der Waals surface area contributed by atoms with E-state index in [4.69, 9.17) is 10.5 Å². The molecule has 0 bridgehead atoms. The van der Waals surface area contributed by atoms with Crippen LogP contribution in [-0.2, 0) is 0 Å². The summed E-state index contributed by atoms with van der Waals surface area (Å²) in [6.45, 7) is 2.18. The largest absolute Gasteiger partial charge is 0.491 e. The standard InChI is InChI=1S/C9H10N2O3/c1-5-2-6(11(12)13)3-7-8(10)4-14-9(5)7/h2-3,8H,4,10H2,1H3/t8-/m1/s1. The van der Waals surface area contributed by atoms with Crippen LogP contribution in [0, 0.1) is 17.0 Å². The van der Waals surface area contributed by atoms with Crippen LogP contribution in [0.2, 0.25) is 0 Å². The van der Waals surface area contributed by atoms with Gasteiger partial charge >= 0.3 is 0 Å². The van der Waals surface area contributed by atoms with Gasteiger partial charge in [-0.25, -0.2) is 0 Å². The minimum absolute atomic E-state index is 0.0715. The van der Waals surface area contributed by atoms with Gasteiger partial charge in [0.2, 0.25) is 0 Å². The molecule has 74 valence electrons. The lowest BCUT2D eigenvalue weighted by Gasteiger charge is -2.03. The van der Waals surface area contributed by atoms with Crippen LogP contribution >= 0.6 is 0 Å². The highest BCUT2D eigenvalue weighted by atomic mass is 16.6. The molecule has 1 aromatic rings. The van der Waals surface area contributed by atoms with Gasteiger partial charge in [0.15, 0.2) is 0 Å². The number of hydrogen-bond acceptors (Lipinski definition) is 4. The second kappa shape index (κ2) is 2.95. The number of fused-ring (bicyclic) bond motifs is 1. The van der Waals surface area contributed by atoms with E-state index in [2.05, 4.69) is 0 Å². The zero-order chi connectivity index (χ0) is 10.3. The van der Waals surface area contributed by atoms with Gasteiger partial charge < -0.3 is 10.5 Å². The van der Waals surface area contributed by atoms with Gasteiger partial charge in [-0.2, -0.15) is 0 Å². The van der Waals surface area contributed by atoms with Crippen molar-refractivity contribution in [2.45, 2.75) is 13.0 Å². The Bertz CT molecular complexity index is 403. The third-order valence-corrected chi connectivity index (χ3v) is 2.31. The minimum atomic E-state index is -0.418. The molecule has 1 aliphatic heterocycles. The van der Waals surface area contributed by atoms with Gasteiger partial charge in [-0.05, 0) is 12.5 Å². The molecule has 0 unspecified atom stereocenters. The Kier molecular flexibility index (Phi) is 1.89. The molecule has 0 radical (unpaired) electrons.